The summed E-state index contributed by atoms with van der Waals surface area (Å²) in [7, 11) is -2.55. The molecule has 1 atom stereocenters. The fraction of sp³-hybridized carbons (Fsp3) is 0.409. The molecule has 2 N–H and O–H groups in total. The van der Waals surface area contributed by atoms with Crippen molar-refractivity contribution in [2.45, 2.75) is 39.2 Å². The second kappa shape index (κ2) is 6.80. The van der Waals surface area contributed by atoms with Gasteiger partial charge in [0.25, 0.3) is 0 Å². The normalized spacial score (nSPS) is 24.8. The Hall–Kier alpha value is -2.42. The van der Waals surface area contributed by atoms with E-state index < -0.39 is 21.3 Å². The molecule has 3 aliphatic rings. The van der Waals surface area contributed by atoms with Crippen molar-refractivity contribution in [2.75, 3.05) is 18.4 Å². The van der Waals surface area contributed by atoms with E-state index in [2.05, 4.69) is 4.72 Å². The molecular formula is C22H25NO6S. The van der Waals surface area contributed by atoms with Crippen LogP contribution in [0.4, 0.5) is 5.69 Å². The van der Waals surface area contributed by atoms with Crippen molar-refractivity contribution in [3.63, 3.8) is 0 Å². The number of fused-ring (bicyclic) bond motifs is 1. The molecule has 1 spiro atoms. The molecule has 0 heterocycles. The molecular weight excluding hydrogens is 406 g/mol. The van der Waals surface area contributed by atoms with Crippen LogP contribution in [0.2, 0.25) is 0 Å². The van der Waals surface area contributed by atoms with Gasteiger partial charge in [-0.15, -0.1) is 0 Å². The van der Waals surface area contributed by atoms with E-state index in [4.69, 9.17) is 8.92 Å². The molecule has 0 amide bonds. The molecule has 1 aromatic rings. The predicted octanol–water partition coefficient (Wildman–Crippen LogP) is 3.06. The third-order valence-corrected chi connectivity index (χ3v) is 7.47. The summed E-state index contributed by atoms with van der Waals surface area (Å²) in [4.78, 5) is 13.0. The predicted molar refractivity (Wildman–Crippen MR) is 112 cm³/mol. The Morgan fingerprint density at radius 1 is 1.17 bits per heavy atom. The summed E-state index contributed by atoms with van der Waals surface area (Å²) >= 11 is 0. The Kier molecular flexibility index (Phi) is 4.72. The Bertz CT molecular complexity index is 1120. The molecule has 1 aromatic carbocycles. The molecule has 0 unspecified atom stereocenters. The van der Waals surface area contributed by atoms with Crippen molar-refractivity contribution in [3.8, 4) is 5.75 Å². The Balaban J connectivity index is 1.55. The highest BCUT2D eigenvalue weighted by Gasteiger charge is 2.65. The fourth-order valence-corrected chi connectivity index (χ4v) is 5.33. The van der Waals surface area contributed by atoms with Gasteiger partial charge in [-0.2, -0.15) is 8.42 Å². The maximum atomic E-state index is 13.0. The number of anilines is 1. The van der Waals surface area contributed by atoms with Crippen LogP contribution in [0.1, 0.15) is 33.6 Å². The van der Waals surface area contributed by atoms with Gasteiger partial charge >= 0.3 is 10.3 Å². The SMILES string of the molecule is COc1ccc(NS(=O)(=O)OCC2=C(C)C=C3C(=O)[C@](C)(O)C4(CC4)C(C)=C32)cc1. The molecule has 30 heavy (non-hydrogen) atoms. The number of allylic oxidation sites excluding steroid dienone is 2. The number of rotatable bonds is 6. The van der Waals surface area contributed by atoms with Gasteiger partial charge in [-0.05, 0) is 80.7 Å². The van der Waals surface area contributed by atoms with E-state index in [9.17, 15) is 18.3 Å². The van der Waals surface area contributed by atoms with E-state index >= 15 is 0 Å². The minimum Gasteiger partial charge on any atom is -0.497 e. The standard InChI is InChI=1S/C22H25NO6S/c1-13-11-17-19(14(2)22(9-10-22)21(3,25)20(17)24)18(13)12-29-30(26,27)23-15-5-7-16(28-4)8-6-15/h5-8,11,23,25H,9-10,12H2,1-4H3/t21-/m0/s1. The van der Waals surface area contributed by atoms with E-state index in [0.29, 0.717) is 22.6 Å². The molecule has 0 bridgehead atoms. The van der Waals surface area contributed by atoms with E-state index in [1.165, 1.54) is 7.11 Å². The highest BCUT2D eigenvalue weighted by atomic mass is 32.2. The molecule has 1 fully saturated rings. The zero-order valence-corrected chi connectivity index (χ0v) is 18.2. The first-order valence-corrected chi connectivity index (χ1v) is 11.2. The maximum absolute atomic E-state index is 13.0. The minimum atomic E-state index is -4.07. The molecule has 3 aliphatic carbocycles. The smallest absolute Gasteiger partial charge is 0.360 e. The van der Waals surface area contributed by atoms with E-state index in [1.807, 2.05) is 13.8 Å². The highest BCUT2D eigenvalue weighted by molar-refractivity contribution is 7.88. The van der Waals surface area contributed by atoms with E-state index in [1.54, 1.807) is 37.3 Å². The Labute approximate surface area is 176 Å². The minimum absolute atomic E-state index is 0.199. The van der Waals surface area contributed by atoms with Crippen molar-refractivity contribution in [2.24, 2.45) is 5.41 Å². The van der Waals surface area contributed by atoms with Crippen LogP contribution in [0.15, 0.2) is 58.2 Å². The quantitative estimate of drug-likeness (QED) is 0.718. The molecule has 8 heteroatoms. The van der Waals surface area contributed by atoms with Crippen molar-refractivity contribution in [1.82, 2.24) is 0 Å². The third-order valence-electron chi connectivity index (χ3n) is 6.56. The highest BCUT2D eigenvalue weighted by Crippen LogP contribution is 2.64. The largest absolute Gasteiger partial charge is 0.497 e. The number of nitrogens with one attached hydrogen (secondary N) is 1. The summed E-state index contributed by atoms with van der Waals surface area (Å²) in [6.07, 6.45) is 3.19. The number of ketones is 1. The summed E-state index contributed by atoms with van der Waals surface area (Å²) < 4.78 is 37.6. The molecule has 0 aliphatic heterocycles. The van der Waals surface area contributed by atoms with Crippen LogP contribution in [-0.4, -0.2) is 38.6 Å². The average Bonchev–Trinajstić information content (AvgIpc) is 3.44. The fourth-order valence-electron chi connectivity index (χ4n) is 4.57. The first kappa shape index (κ1) is 20.8. The van der Waals surface area contributed by atoms with Crippen LogP contribution < -0.4 is 9.46 Å². The molecule has 1 saturated carbocycles. The number of hydrogen-bond acceptors (Lipinski definition) is 6. The molecule has 0 aromatic heterocycles. The molecule has 160 valence electrons. The second-order valence-electron chi connectivity index (χ2n) is 8.25. The molecule has 0 radical (unpaired) electrons. The van der Waals surface area contributed by atoms with Crippen molar-refractivity contribution in [3.05, 3.63) is 58.2 Å². The topological polar surface area (TPSA) is 102 Å². The number of carbonyl (C=O) groups excluding carboxylic acids is 1. The van der Waals surface area contributed by atoms with E-state index in [0.717, 1.165) is 29.6 Å². The summed E-state index contributed by atoms with van der Waals surface area (Å²) in [5, 5.41) is 10.9. The summed E-state index contributed by atoms with van der Waals surface area (Å²) in [5.74, 6) is 0.299. The van der Waals surface area contributed by atoms with Crippen LogP contribution in [0.5, 0.6) is 5.75 Å². The zero-order chi connectivity index (χ0) is 21.9. The van der Waals surface area contributed by atoms with E-state index in [-0.39, 0.29) is 12.4 Å². The first-order chi connectivity index (χ1) is 14.0. The Morgan fingerprint density at radius 2 is 1.80 bits per heavy atom. The number of carbonyl (C=O) groups is 1. The lowest BCUT2D eigenvalue weighted by atomic mass is 9.67. The van der Waals surface area contributed by atoms with Crippen molar-refractivity contribution in [1.29, 1.82) is 0 Å². The van der Waals surface area contributed by atoms with Crippen LogP contribution in [-0.2, 0) is 19.3 Å². The monoisotopic (exact) mass is 431 g/mol. The van der Waals surface area contributed by atoms with Gasteiger partial charge in [-0.25, -0.2) is 4.18 Å². The van der Waals surface area contributed by atoms with Gasteiger partial charge in [-0.3, -0.25) is 9.52 Å². The number of Topliss-reactive ketones (excluding diaryl/α,β-unsaturated/α-hetero) is 1. The van der Waals surface area contributed by atoms with Crippen molar-refractivity contribution >= 4 is 21.8 Å². The van der Waals surface area contributed by atoms with Gasteiger partial charge in [0.15, 0.2) is 5.78 Å². The molecule has 0 saturated heterocycles. The lowest BCUT2D eigenvalue weighted by Gasteiger charge is -2.39. The van der Waals surface area contributed by atoms with Crippen LogP contribution in [0.3, 0.4) is 0 Å². The number of hydrogen-bond donors (Lipinski definition) is 2. The maximum Gasteiger partial charge on any atom is 0.360 e. The van der Waals surface area contributed by atoms with Crippen LogP contribution in [0.25, 0.3) is 0 Å². The summed E-state index contributed by atoms with van der Waals surface area (Å²) in [6.45, 7) is 5.11. The first-order valence-electron chi connectivity index (χ1n) is 9.74. The summed E-state index contributed by atoms with van der Waals surface area (Å²) in [6, 6.07) is 6.43. The van der Waals surface area contributed by atoms with Gasteiger partial charge in [0, 0.05) is 11.0 Å². The number of methoxy groups -OCH3 is 1. The Morgan fingerprint density at radius 3 is 2.37 bits per heavy atom. The van der Waals surface area contributed by atoms with Gasteiger partial charge in [0.2, 0.25) is 0 Å². The lowest BCUT2D eigenvalue weighted by molar-refractivity contribution is -0.137. The number of ether oxygens (including phenoxy) is 1. The van der Waals surface area contributed by atoms with Crippen LogP contribution in [0, 0.1) is 5.41 Å². The summed E-state index contributed by atoms with van der Waals surface area (Å²) in [5.41, 5.74) is 1.86. The lowest BCUT2D eigenvalue weighted by Crippen LogP contribution is -2.49. The number of benzene rings is 1. The third kappa shape index (κ3) is 3.10. The second-order valence-corrected chi connectivity index (χ2v) is 9.60. The van der Waals surface area contributed by atoms with Crippen LogP contribution >= 0.6 is 0 Å². The number of aliphatic hydroxyl groups is 1. The van der Waals surface area contributed by atoms with Gasteiger partial charge in [0.05, 0.1) is 19.4 Å². The average molecular weight is 432 g/mol. The molecule has 4 rings (SSSR count). The zero-order valence-electron chi connectivity index (χ0n) is 17.4. The van der Waals surface area contributed by atoms with Gasteiger partial charge in [-0.1, -0.05) is 5.57 Å². The van der Waals surface area contributed by atoms with Gasteiger partial charge < -0.3 is 9.84 Å². The van der Waals surface area contributed by atoms with Crippen molar-refractivity contribution < 1.29 is 27.2 Å². The van der Waals surface area contributed by atoms with Gasteiger partial charge in [0.1, 0.15) is 11.4 Å². The molecule has 7 nitrogen and oxygen atoms in total.